The fourth-order valence-electron chi connectivity index (χ4n) is 2.63. The predicted octanol–water partition coefficient (Wildman–Crippen LogP) is 3.74. The first-order valence-electron chi connectivity index (χ1n) is 8.69. The number of nitrogens with zero attached hydrogens (tertiary/aromatic N) is 2. The first kappa shape index (κ1) is 19.6. The Morgan fingerprint density at radius 2 is 1.79 bits per heavy atom. The Kier molecular flexibility index (Phi) is 6.10. The molecule has 0 aliphatic heterocycles. The van der Waals surface area contributed by atoms with Gasteiger partial charge >= 0.3 is 0 Å². The van der Waals surface area contributed by atoms with E-state index in [4.69, 9.17) is 0 Å². The molecule has 0 bridgehead atoms. The molecule has 28 heavy (non-hydrogen) atoms. The molecule has 3 aromatic rings. The Bertz CT molecular complexity index is 959. The van der Waals surface area contributed by atoms with E-state index in [1.165, 1.54) is 29.7 Å². The summed E-state index contributed by atoms with van der Waals surface area (Å²) < 4.78 is 17.6. The van der Waals surface area contributed by atoms with Crippen molar-refractivity contribution >= 4 is 29.0 Å². The van der Waals surface area contributed by atoms with Gasteiger partial charge in [0.15, 0.2) is 0 Å². The van der Waals surface area contributed by atoms with Crippen molar-refractivity contribution in [2.45, 2.75) is 19.9 Å². The van der Waals surface area contributed by atoms with E-state index in [1.54, 1.807) is 18.2 Å². The summed E-state index contributed by atoms with van der Waals surface area (Å²) in [5, 5.41) is 11.2. The van der Waals surface area contributed by atoms with Crippen molar-refractivity contribution in [3.8, 4) is 11.3 Å². The summed E-state index contributed by atoms with van der Waals surface area (Å²) in [6.07, 6.45) is 0. The highest BCUT2D eigenvalue weighted by Crippen LogP contribution is 2.20. The SMILES string of the molecule is CC(C)C(NC(=O)c1ccccc1F)C(=O)Nc1ccc(-c2csnn2)cc1. The Morgan fingerprint density at radius 3 is 2.39 bits per heavy atom. The van der Waals surface area contributed by atoms with Crippen LogP contribution in [-0.4, -0.2) is 27.4 Å². The summed E-state index contributed by atoms with van der Waals surface area (Å²) in [5.74, 6) is -1.81. The monoisotopic (exact) mass is 398 g/mol. The molecule has 3 rings (SSSR count). The van der Waals surface area contributed by atoms with Crippen LogP contribution in [0.15, 0.2) is 53.9 Å². The molecular weight excluding hydrogens is 379 g/mol. The molecule has 1 atom stereocenters. The smallest absolute Gasteiger partial charge is 0.254 e. The van der Waals surface area contributed by atoms with Gasteiger partial charge in [0, 0.05) is 16.6 Å². The Morgan fingerprint density at radius 1 is 1.07 bits per heavy atom. The van der Waals surface area contributed by atoms with Crippen molar-refractivity contribution < 1.29 is 14.0 Å². The standard InChI is InChI=1S/C20H19FN4O2S/c1-12(2)18(23-19(26)15-5-3-4-6-16(15)21)20(27)22-14-9-7-13(8-10-14)17-11-28-25-24-17/h3-12,18H,1-2H3,(H,22,27)(H,23,26). The Hall–Kier alpha value is -3.13. The molecule has 1 heterocycles. The van der Waals surface area contributed by atoms with E-state index in [9.17, 15) is 14.0 Å². The van der Waals surface area contributed by atoms with Crippen LogP contribution in [0.2, 0.25) is 0 Å². The fourth-order valence-corrected chi connectivity index (χ4v) is 3.10. The topological polar surface area (TPSA) is 84.0 Å². The summed E-state index contributed by atoms with van der Waals surface area (Å²) in [6.45, 7) is 3.62. The number of anilines is 1. The Balaban J connectivity index is 1.69. The second-order valence-electron chi connectivity index (χ2n) is 6.53. The third-order valence-corrected chi connectivity index (χ3v) is 4.67. The second-order valence-corrected chi connectivity index (χ2v) is 7.14. The summed E-state index contributed by atoms with van der Waals surface area (Å²) in [7, 11) is 0. The van der Waals surface area contributed by atoms with E-state index in [1.807, 2.05) is 31.4 Å². The molecule has 0 fully saturated rings. The first-order valence-corrected chi connectivity index (χ1v) is 9.53. The molecule has 144 valence electrons. The van der Waals surface area contributed by atoms with Gasteiger partial charge < -0.3 is 10.6 Å². The van der Waals surface area contributed by atoms with Gasteiger partial charge in [-0.3, -0.25) is 9.59 Å². The van der Waals surface area contributed by atoms with Crippen LogP contribution in [0.25, 0.3) is 11.3 Å². The fraction of sp³-hybridized carbons (Fsp3) is 0.200. The van der Waals surface area contributed by atoms with Crippen LogP contribution >= 0.6 is 11.5 Å². The van der Waals surface area contributed by atoms with Gasteiger partial charge in [-0.05, 0) is 41.7 Å². The molecule has 6 nitrogen and oxygen atoms in total. The molecule has 0 saturated heterocycles. The highest BCUT2D eigenvalue weighted by atomic mass is 32.1. The lowest BCUT2D eigenvalue weighted by molar-refractivity contribution is -0.118. The molecule has 0 spiro atoms. The molecule has 2 aromatic carbocycles. The van der Waals surface area contributed by atoms with Crippen LogP contribution in [0.5, 0.6) is 0 Å². The zero-order chi connectivity index (χ0) is 20.1. The van der Waals surface area contributed by atoms with Gasteiger partial charge in [-0.1, -0.05) is 42.6 Å². The van der Waals surface area contributed by atoms with Gasteiger partial charge in [0.25, 0.3) is 5.91 Å². The number of halogens is 1. The van der Waals surface area contributed by atoms with Gasteiger partial charge in [0.05, 0.1) is 5.56 Å². The summed E-state index contributed by atoms with van der Waals surface area (Å²) in [4.78, 5) is 25.0. The minimum absolute atomic E-state index is 0.0952. The quantitative estimate of drug-likeness (QED) is 0.663. The zero-order valence-electron chi connectivity index (χ0n) is 15.3. The van der Waals surface area contributed by atoms with E-state index in [0.29, 0.717) is 5.69 Å². The molecular formula is C20H19FN4O2S. The van der Waals surface area contributed by atoms with Crippen LogP contribution < -0.4 is 10.6 Å². The number of carbonyl (C=O) groups excluding carboxylic acids is 2. The van der Waals surface area contributed by atoms with Crippen LogP contribution in [0.3, 0.4) is 0 Å². The number of amides is 2. The van der Waals surface area contributed by atoms with Gasteiger partial charge in [0.1, 0.15) is 17.6 Å². The molecule has 8 heteroatoms. The maximum atomic E-state index is 13.8. The predicted molar refractivity (Wildman–Crippen MR) is 106 cm³/mol. The van der Waals surface area contributed by atoms with E-state index >= 15 is 0 Å². The van der Waals surface area contributed by atoms with E-state index in [2.05, 4.69) is 20.2 Å². The van der Waals surface area contributed by atoms with Gasteiger partial charge in [-0.2, -0.15) is 0 Å². The van der Waals surface area contributed by atoms with Crippen molar-refractivity contribution in [3.05, 3.63) is 65.3 Å². The highest BCUT2D eigenvalue weighted by molar-refractivity contribution is 7.03. The van der Waals surface area contributed by atoms with Crippen LogP contribution in [0.1, 0.15) is 24.2 Å². The lowest BCUT2D eigenvalue weighted by Crippen LogP contribution is -2.47. The third-order valence-electron chi connectivity index (χ3n) is 4.16. The lowest BCUT2D eigenvalue weighted by Gasteiger charge is -2.22. The minimum Gasteiger partial charge on any atom is -0.340 e. The maximum absolute atomic E-state index is 13.8. The zero-order valence-corrected chi connectivity index (χ0v) is 16.2. The number of hydrogen-bond acceptors (Lipinski definition) is 5. The molecule has 2 N–H and O–H groups in total. The van der Waals surface area contributed by atoms with E-state index in [0.717, 1.165) is 11.3 Å². The average molecular weight is 398 g/mol. The number of benzene rings is 2. The van der Waals surface area contributed by atoms with Crippen LogP contribution in [-0.2, 0) is 4.79 Å². The van der Waals surface area contributed by atoms with Crippen LogP contribution in [0, 0.1) is 11.7 Å². The van der Waals surface area contributed by atoms with Crippen molar-refractivity contribution in [2.75, 3.05) is 5.32 Å². The Labute approximate surface area is 166 Å². The van der Waals surface area contributed by atoms with Gasteiger partial charge in [0.2, 0.25) is 5.91 Å². The summed E-state index contributed by atoms with van der Waals surface area (Å²) >= 11 is 1.26. The average Bonchev–Trinajstić information content (AvgIpc) is 3.21. The van der Waals surface area contributed by atoms with Crippen molar-refractivity contribution in [1.29, 1.82) is 0 Å². The van der Waals surface area contributed by atoms with E-state index in [-0.39, 0.29) is 17.4 Å². The maximum Gasteiger partial charge on any atom is 0.254 e. The number of hydrogen-bond donors (Lipinski definition) is 2. The largest absolute Gasteiger partial charge is 0.340 e. The highest BCUT2D eigenvalue weighted by Gasteiger charge is 2.25. The third kappa shape index (κ3) is 4.58. The number of rotatable bonds is 6. The molecule has 2 amide bonds. The normalized spacial score (nSPS) is 11.9. The molecule has 0 aliphatic rings. The number of nitrogens with one attached hydrogen (secondary N) is 2. The minimum atomic E-state index is -0.811. The summed E-state index contributed by atoms with van der Waals surface area (Å²) in [6, 6.07) is 12.0. The molecule has 1 unspecified atom stereocenters. The van der Waals surface area contributed by atoms with Gasteiger partial charge in [-0.25, -0.2) is 4.39 Å². The lowest BCUT2D eigenvalue weighted by atomic mass is 10.0. The number of aromatic nitrogens is 2. The van der Waals surface area contributed by atoms with E-state index < -0.39 is 17.8 Å². The number of carbonyl (C=O) groups is 2. The first-order chi connectivity index (χ1) is 13.5. The second kappa shape index (κ2) is 8.71. The van der Waals surface area contributed by atoms with Crippen molar-refractivity contribution in [3.63, 3.8) is 0 Å². The van der Waals surface area contributed by atoms with Crippen molar-refractivity contribution in [1.82, 2.24) is 14.9 Å². The molecule has 0 radical (unpaired) electrons. The molecule has 0 aliphatic carbocycles. The summed E-state index contributed by atoms with van der Waals surface area (Å²) in [5.41, 5.74) is 2.14. The van der Waals surface area contributed by atoms with Crippen LogP contribution in [0.4, 0.5) is 10.1 Å². The van der Waals surface area contributed by atoms with Gasteiger partial charge in [-0.15, -0.1) is 5.10 Å². The van der Waals surface area contributed by atoms with Crippen molar-refractivity contribution in [2.24, 2.45) is 5.92 Å². The molecule has 0 saturated carbocycles. The molecule has 1 aromatic heterocycles.